The van der Waals surface area contributed by atoms with E-state index in [1.54, 1.807) is 54.6 Å². The number of rotatable bonds is 6. The molecule has 0 unspecified atom stereocenters. The highest BCUT2D eigenvalue weighted by Crippen LogP contribution is 2.21. The second kappa shape index (κ2) is 8.89. The Kier molecular flexibility index (Phi) is 6.30. The van der Waals surface area contributed by atoms with E-state index in [4.69, 9.17) is 17.0 Å². The van der Waals surface area contributed by atoms with Crippen LogP contribution in [0.15, 0.2) is 77.7 Å². The van der Waals surface area contributed by atoms with Crippen molar-refractivity contribution in [2.45, 2.75) is 4.90 Å². The molecule has 6 nitrogen and oxygen atoms in total. The van der Waals surface area contributed by atoms with E-state index in [0.717, 1.165) is 0 Å². The maximum atomic E-state index is 13.7. The Morgan fingerprint density at radius 3 is 2.14 bits per heavy atom. The number of halogens is 1. The second-order valence-corrected chi connectivity index (χ2v) is 8.01. The van der Waals surface area contributed by atoms with E-state index in [-0.39, 0.29) is 15.7 Å². The first-order valence-electron chi connectivity index (χ1n) is 8.47. The monoisotopic (exact) mass is 431 g/mol. The van der Waals surface area contributed by atoms with Crippen molar-refractivity contribution >= 4 is 44.4 Å². The number of para-hydroxylation sites is 1. The van der Waals surface area contributed by atoms with Crippen molar-refractivity contribution in [2.24, 2.45) is 0 Å². The molecule has 3 rings (SSSR count). The number of ether oxygens (including phenoxy) is 1. The summed E-state index contributed by atoms with van der Waals surface area (Å²) >= 11 is 5.16. The van der Waals surface area contributed by atoms with Crippen molar-refractivity contribution in [3.63, 3.8) is 0 Å². The molecule has 150 valence electrons. The summed E-state index contributed by atoms with van der Waals surface area (Å²) in [6, 6.07) is 18.7. The van der Waals surface area contributed by atoms with Crippen LogP contribution in [0.3, 0.4) is 0 Å². The summed E-state index contributed by atoms with van der Waals surface area (Å²) in [5.41, 5.74) is 1.22. The molecule has 0 fully saturated rings. The molecule has 0 saturated carbocycles. The number of nitrogens with one attached hydrogen (secondary N) is 3. The van der Waals surface area contributed by atoms with Gasteiger partial charge in [-0.3, -0.25) is 4.72 Å². The number of benzene rings is 3. The second-order valence-electron chi connectivity index (χ2n) is 5.92. The lowest BCUT2D eigenvalue weighted by atomic mass is 10.3. The molecule has 0 radical (unpaired) electrons. The Morgan fingerprint density at radius 2 is 1.52 bits per heavy atom. The van der Waals surface area contributed by atoms with E-state index in [0.29, 0.717) is 17.1 Å². The average molecular weight is 432 g/mol. The van der Waals surface area contributed by atoms with Crippen molar-refractivity contribution in [2.75, 3.05) is 22.5 Å². The van der Waals surface area contributed by atoms with Gasteiger partial charge in [-0.25, -0.2) is 12.8 Å². The third-order valence-corrected chi connectivity index (χ3v) is 5.49. The van der Waals surface area contributed by atoms with Crippen LogP contribution >= 0.6 is 12.2 Å². The van der Waals surface area contributed by atoms with Gasteiger partial charge in [0.05, 0.1) is 17.7 Å². The predicted octanol–water partition coefficient (Wildman–Crippen LogP) is 4.44. The summed E-state index contributed by atoms with van der Waals surface area (Å²) in [6.07, 6.45) is 0. The fourth-order valence-electron chi connectivity index (χ4n) is 2.44. The Labute approximate surface area is 173 Å². The van der Waals surface area contributed by atoms with E-state index in [1.165, 1.54) is 25.3 Å². The number of sulfonamides is 1. The third kappa shape index (κ3) is 5.43. The van der Waals surface area contributed by atoms with Gasteiger partial charge in [0, 0.05) is 11.4 Å². The molecular formula is C20H18FN3O3S2. The summed E-state index contributed by atoms with van der Waals surface area (Å²) < 4.78 is 46.3. The first kappa shape index (κ1) is 20.6. The van der Waals surface area contributed by atoms with E-state index in [2.05, 4.69) is 15.4 Å². The Balaban J connectivity index is 1.65. The normalized spacial score (nSPS) is 10.8. The van der Waals surface area contributed by atoms with Crippen LogP contribution in [0, 0.1) is 5.82 Å². The third-order valence-electron chi connectivity index (χ3n) is 3.89. The number of hydrogen-bond acceptors (Lipinski definition) is 4. The number of hydrogen-bond donors (Lipinski definition) is 3. The fraction of sp³-hybridized carbons (Fsp3) is 0.0500. The van der Waals surface area contributed by atoms with Crippen LogP contribution in [0.2, 0.25) is 0 Å². The molecule has 0 atom stereocenters. The first-order chi connectivity index (χ1) is 13.9. The minimum atomic E-state index is -3.75. The highest BCUT2D eigenvalue weighted by atomic mass is 32.2. The molecule has 0 saturated heterocycles. The molecule has 0 aliphatic carbocycles. The van der Waals surface area contributed by atoms with Gasteiger partial charge in [0.15, 0.2) is 5.11 Å². The summed E-state index contributed by atoms with van der Waals surface area (Å²) in [5, 5.41) is 5.82. The van der Waals surface area contributed by atoms with Crippen molar-refractivity contribution < 1.29 is 17.5 Å². The van der Waals surface area contributed by atoms with Gasteiger partial charge < -0.3 is 15.4 Å². The van der Waals surface area contributed by atoms with Crippen LogP contribution in [0.4, 0.5) is 21.5 Å². The smallest absolute Gasteiger partial charge is 0.261 e. The standard InChI is InChI=1S/C20H18FN3O3S2/c1-27-16-10-6-15(7-11-16)24-29(25,26)17-12-8-14(9-13-17)22-20(28)23-19-5-3-2-4-18(19)21/h2-13,24H,1H3,(H2,22,23,28). The molecule has 0 amide bonds. The Bertz CT molecular complexity index is 1100. The minimum absolute atomic E-state index is 0.0897. The number of methoxy groups -OCH3 is 1. The maximum Gasteiger partial charge on any atom is 0.261 e. The molecule has 0 heterocycles. The van der Waals surface area contributed by atoms with Crippen molar-refractivity contribution in [3.05, 3.63) is 78.6 Å². The zero-order valence-corrected chi connectivity index (χ0v) is 17.0. The molecule has 29 heavy (non-hydrogen) atoms. The summed E-state index contributed by atoms with van der Waals surface area (Å²) in [6.45, 7) is 0. The molecule has 9 heteroatoms. The van der Waals surface area contributed by atoms with Crippen molar-refractivity contribution in [1.82, 2.24) is 0 Å². The van der Waals surface area contributed by atoms with Crippen LogP contribution in [0.5, 0.6) is 5.75 Å². The first-order valence-corrected chi connectivity index (χ1v) is 10.4. The molecular weight excluding hydrogens is 413 g/mol. The van der Waals surface area contributed by atoms with Crippen LogP contribution in [-0.2, 0) is 10.0 Å². The van der Waals surface area contributed by atoms with Gasteiger partial charge in [0.25, 0.3) is 10.0 Å². The number of thiocarbonyl (C=S) groups is 1. The SMILES string of the molecule is COc1ccc(NS(=O)(=O)c2ccc(NC(=S)Nc3ccccc3F)cc2)cc1. The van der Waals surface area contributed by atoms with Gasteiger partial charge in [0.2, 0.25) is 0 Å². The predicted molar refractivity (Wildman–Crippen MR) is 116 cm³/mol. The molecule has 0 aromatic heterocycles. The minimum Gasteiger partial charge on any atom is -0.497 e. The fourth-order valence-corrected chi connectivity index (χ4v) is 3.72. The van der Waals surface area contributed by atoms with E-state index in [9.17, 15) is 12.8 Å². The lowest BCUT2D eigenvalue weighted by molar-refractivity contribution is 0.415. The Hall–Kier alpha value is -3.17. The average Bonchev–Trinajstić information content (AvgIpc) is 2.70. The lowest BCUT2D eigenvalue weighted by Gasteiger charge is -2.12. The lowest BCUT2D eigenvalue weighted by Crippen LogP contribution is -2.20. The molecule has 0 aliphatic rings. The summed E-state index contributed by atoms with van der Waals surface area (Å²) in [7, 11) is -2.21. The topological polar surface area (TPSA) is 79.5 Å². The van der Waals surface area contributed by atoms with Gasteiger partial charge in [-0.05, 0) is 72.9 Å². The molecule has 3 N–H and O–H groups in total. The highest BCUT2D eigenvalue weighted by Gasteiger charge is 2.14. The molecule has 0 spiro atoms. The van der Waals surface area contributed by atoms with Crippen LogP contribution in [0.25, 0.3) is 0 Å². The van der Waals surface area contributed by atoms with Crippen LogP contribution in [0.1, 0.15) is 0 Å². The molecule has 3 aromatic rings. The van der Waals surface area contributed by atoms with Crippen LogP contribution in [-0.4, -0.2) is 20.6 Å². The van der Waals surface area contributed by atoms with Crippen molar-refractivity contribution in [3.8, 4) is 5.75 Å². The number of anilines is 3. The zero-order valence-electron chi connectivity index (χ0n) is 15.3. The van der Waals surface area contributed by atoms with Gasteiger partial charge in [-0.2, -0.15) is 0 Å². The van der Waals surface area contributed by atoms with Crippen molar-refractivity contribution in [1.29, 1.82) is 0 Å². The van der Waals surface area contributed by atoms with E-state index < -0.39 is 15.8 Å². The largest absolute Gasteiger partial charge is 0.497 e. The molecule has 0 aliphatic heterocycles. The van der Waals surface area contributed by atoms with Gasteiger partial charge in [-0.15, -0.1) is 0 Å². The molecule has 3 aromatic carbocycles. The summed E-state index contributed by atoms with van der Waals surface area (Å²) in [4.78, 5) is 0.0897. The summed E-state index contributed by atoms with van der Waals surface area (Å²) in [5.74, 6) is 0.200. The van der Waals surface area contributed by atoms with Crippen LogP contribution < -0.4 is 20.1 Å². The van der Waals surface area contributed by atoms with E-state index >= 15 is 0 Å². The van der Waals surface area contributed by atoms with E-state index in [1.807, 2.05) is 0 Å². The quantitative estimate of drug-likeness (QED) is 0.501. The zero-order chi connectivity index (χ0) is 20.9. The van der Waals surface area contributed by atoms with Gasteiger partial charge >= 0.3 is 0 Å². The maximum absolute atomic E-state index is 13.7. The Morgan fingerprint density at radius 1 is 0.897 bits per heavy atom. The molecule has 0 bridgehead atoms. The van der Waals surface area contributed by atoms with Gasteiger partial charge in [0.1, 0.15) is 11.6 Å². The highest BCUT2D eigenvalue weighted by molar-refractivity contribution is 7.92. The van der Waals surface area contributed by atoms with Gasteiger partial charge in [-0.1, -0.05) is 12.1 Å².